The van der Waals surface area contributed by atoms with Crippen LogP contribution in [0.25, 0.3) is 0 Å². The van der Waals surface area contributed by atoms with Gasteiger partial charge >= 0.3 is 5.97 Å². The van der Waals surface area contributed by atoms with Gasteiger partial charge in [0, 0.05) is 20.0 Å². The number of ether oxygens (including phenoxy) is 2. The summed E-state index contributed by atoms with van der Waals surface area (Å²) in [5.74, 6) is -0.0632. The standard InChI is InChI=1S/C8H12O3/c1-10-6-2-4-8(6)5-3-7(9)11-8/h6H,2-5H2,1H3. The highest BCUT2D eigenvalue weighted by molar-refractivity contribution is 5.72. The zero-order chi connectivity index (χ0) is 7.90. The van der Waals surface area contributed by atoms with Crippen LogP contribution in [0.1, 0.15) is 25.7 Å². The normalized spacial score (nSPS) is 42.3. The summed E-state index contributed by atoms with van der Waals surface area (Å²) < 4.78 is 10.4. The molecule has 0 amide bonds. The van der Waals surface area contributed by atoms with Crippen molar-refractivity contribution in [1.82, 2.24) is 0 Å². The molecule has 3 heteroatoms. The summed E-state index contributed by atoms with van der Waals surface area (Å²) in [6.07, 6.45) is 3.60. The van der Waals surface area contributed by atoms with Crippen LogP contribution in [0.2, 0.25) is 0 Å². The summed E-state index contributed by atoms with van der Waals surface area (Å²) in [4.78, 5) is 10.8. The third-order valence-electron chi connectivity index (χ3n) is 2.77. The summed E-state index contributed by atoms with van der Waals surface area (Å²) in [5, 5.41) is 0. The van der Waals surface area contributed by atoms with E-state index in [9.17, 15) is 4.79 Å². The van der Waals surface area contributed by atoms with Crippen molar-refractivity contribution >= 4 is 5.97 Å². The van der Waals surface area contributed by atoms with Crippen molar-refractivity contribution in [2.24, 2.45) is 0 Å². The first kappa shape index (κ1) is 7.10. The van der Waals surface area contributed by atoms with E-state index in [4.69, 9.17) is 9.47 Å². The Morgan fingerprint density at radius 1 is 1.64 bits per heavy atom. The molecule has 0 N–H and O–H groups in total. The van der Waals surface area contributed by atoms with Crippen LogP contribution in [-0.4, -0.2) is 24.8 Å². The predicted octanol–water partition coefficient (Wildman–Crippen LogP) is 0.871. The predicted molar refractivity (Wildman–Crippen MR) is 38.1 cm³/mol. The average molecular weight is 156 g/mol. The Kier molecular flexibility index (Phi) is 1.42. The van der Waals surface area contributed by atoms with Gasteiger partial charge in [-0.05, 0) is 12.8 Å². The zero-order valence-electron chi connectivity index (χ0n) is 6.63. The Labute approximate surface area is 65.7 Å². The van der Waals surface area contributed by atoms with Crippen molar-refractivity contribution < 1.29 is 14.3 Å². The van der Waals surface area contributed by atoms with E-state index in [1.165, 1.54) is 0 Å². The molecule has 1 aliphatic heterocycles. The molecule has 1 aliphatic carbocycles. The summed E-state index contributed by atoms with van der Waals surface area (Å²) >= 11 is 0. The van der Waals surface area contributed by atoms with Crippen LogP contribution in [0.5, 0.6) is 0 Å². The molecule has 3 nitrogen and oxygen atoms in total. The highest BCUT2D eigenvalue weighted by atomic mass is 16.6. The van der Waals surface area contributed by atoms with Gasteiger partial charge in [-0.3, -0.25) is 4.79 Å². The van der Waals surface area contributed by atoms with Crippen molar-refractivity contribution in [2.45, 2.75) is 37.4 Å². The molecule has 1 saturated heterocycles. The van der Waals surface area contributed by atoms with Crippen molar-refractivity contribution in [3.05, 3.63) is 0 Å². The van der Waals surface area contributed by atoms with E-state index in [2.05, 4.69) is 0 Å². The van der Waals surface area contributed by atoms with Gasteiger partial charge in [-0.15, -0.1) is 0 Å². The number of carbonyl (C=O) groups excluding carboxylic acids is 1. The van der Waals surface area contributed by atoms with Crippen LogP contribution in [0, 0.1) is 0 Å². The fourth-order valence-corrected chi connectivity index (χ4v) is 1.96. The Balaban J connectivity index is 2.06. The lowest BCUT2D eigenvalue weighted by Crippen LogP contribution is -2.52. The van der Waals surface area contributed by atoms with Gasteiger partial charge in [0.05, 0.1) is 6.10 Å². The fourth-order valence-electron chi connectivity index (χ4n) is 1.96. The smallest absolute Gasteiger partial charge is 0.306 e. The molecular weight excluding hydrogens is 144 g/mol. The van der Waals surface area contributed by atoms with Crippen LogP contribution in [-0.2, 0) is 14.3 Å². The SMILES string of the molecule is COC1CCC12CCC(=O)O2. The molecule has 2 rings (SSSR count). The monoisotopic (exact) mass is 156 g/mol. The molecule has 2 fully saturated rings. The first-order chi connectivity index (χ1) is 5.27. The minimum absolute atomic E-state index is 0.0632. The maximum atomic E-state index is 10.8. The molecule has 2 unspecified atom stereocenters. The lowest BCUT2D eigenvalue weighted by Gasteiger charge is -2.43. The summed E-state index contributed by atoms with van der Waals surface area (Å²) in [7, 11) is 1.68. The highest BCUT2D eigenvalue weighted by Crippen LogP contribution is 2.45. The molecule has 11 heavy (non-hydrogen) atoms. The van der Waals surface area contributed by atoms with Crippen LogP contribution in [0.4, 0.5) is 0 Å². The number of hydrogen-bond acceptors (Lipinski definition) is 3. The second kappa shape index (κ2) is 2.21. The molecule has 2 aliphatic rings. The average Bonchev–Trinajstić information content (AvgIpc) is 2.33. The minimum atomic E-state index is -0.216. The first-order valence-corrected chi connectivity index (χ1v) is 4.01. The molecule has 1 heterocycles. The van der Waals surface area contributed by atoms with Gasteiger partial charge in [-0.2, -0.15) is 0 Å². The van der Waals surface area contributed by atoms with Gasteiger partial charge in [0.2, 0.25) is 0 Å². The Morgan fingerprint density at radius 2 is 2.45 bits per heavy atom. The van der Waals surface area contributed by atoms with Gasteiger partial charge in [-0.25, -0.2) is 0 Å². The lowest BCUT2D eigenvalue weighted by atomic mass is 9.75. The first-order valence-electron chi connectivity index (χ1n) is 4.01. The number of methoxy groups -OCH3 is 1. The quantitative estimate of drug-likeness (QED) is 0.528. The Hall–Kier alpha value is -0.570. The maximum Gasteiger partial charge on any atom is 0.306 e. The van der Waals surface area contributed by atoms with Crippen LogP contribution in [0.3, 0.4) is 0 Å². The second-order valence-corrected chi connectivity index (χ2v) is 3.30. The maximum absolute atomic E-state index is 10.8. The largest absolute Gasteiger partial charge is 0.456 e. The van der Waals surface area contributed by atoms with Crippen molar-refractivity contribution in [3.8, 4) is 0 Å². The van der Waals surface area contributed by atoms with Gasteiger partial charge in [0.1, 0.15) is 5.60 Å². The number of esters is 1. The Morgan fingerprint density at radius 3 is 2.82 bits per heavy atom. The van der Waals surface area contributed by atoms with E-state index in [0.29, 0.717) is 6.42 Å². The molecular formula is C8H12O3. The third-order valence-corrected chi connectivity index (χ3v) is 2.77. The topological polar surface area (TPSA) is 35.5 Å². The lowest BCUT2D eigenvalue weighted by molar-refractivity contribution is -0.184. The molecule has 0 aromatic heterocycles. The van der Waals surface area contributed by atoms with Crippen LogP contribution >= 0.6 is 0 Å². The number of carbonyl (C=O) groups is 1. The van der Waals surface area contributed by atoms with Crippen molar-refractivity contribution in [3.63, 3.8) is 0 Å². The van der Waals surface area contributed by atoms with E-state index < -0.39 is 0 Å². The van der Waals surface area contributed by atoms with Gasteiger partial charge in [0.25, 0.3) is 0 Å². The summed E-state index contributed by atoms with van der Waals surface area (Å²) in [6, 6.07) is 0. The molecule has 0 aromatic carbocycles. The molecule has 0 aromatic rings. The van der Waals surface area contributed by atoms with Crippen molar-refractivity contribution in [1.29, 1.82) is 0 Å². The molecule has 1 saturated carbocycles. The molecule has 0 bridgehead atoms. The zero-order valence-corrected chi connectivity index (χ0v) is 6.63. The molecule has 62 valence electrons. The minimum Gasteiger partial charge on any atom is -0.456 e. The van der Waals surface area contributed by atoms with Crippen LogP contribution in [0.15, 0.2) is 0 Å². The van der Waals surface area contributed by atoms with E-state index in [0.717, 1.165) is 19.3 Å². The van der Waals surface area contributed by atoms with E-state index in [1.54, 1.807) is 7.11 Å². The van der Waals surface area contributed by atoms with Crippen LogP contribution < -0.4 is 0 Å². The summed E-state index contributed by atoms with van der Waals surface area (Å²) in [6.45, 7) is 0. The number of hydrogen-bond donors (Lipinski definition) is 0. The van der Waals surface area contributed by atoms with E-state index in [1.807, 2.05) is 0 Å². The van der Waals surface area contributed by atoms with E-state index in [-0.39, 0.29) is 17.7 Å². The molecule has 2 atom stereocenters. The fraction of sp³-hybridized carbons (Fsp3) is 0.875. The second-order valence-electron chi connectivity index (χ2n) is 3.30. The number of rotatable bonds is 1. The highest BCUT2D eigenvalue weighted by Gasteiger charge is 2.53. The van der Waals surface area contributed by atoms with Crippen molar-refractivity contribution in [2.75, 3.05) is 7.11 Å². The summed E-state index contributed by atoms with van der Waals surface area (Å²) in [5.41, 5.74) is -0.216. The van der Waals surface area contributed by atoms with E-state index >= 15 is 0 Å². The third kappa shape index (κ3) is 0.872. The van der Waals surface area contributed by atoms with Gasteiger partial charge in [-0.1, -0.05) is 0 Å². The van der Waals surface area contributed by atoms with Gasteiger partial charge < -0.3 is 9.47 Å². The Bertz CT molecular complexity index is 188. The molecule has 0 radical (unpaired) electrons. The van der Waals surface area contributed by atoms with Gasteiger partial charge in [0.15, 0.2) is 0 Å². The molecule has 1 spiro atoms.